The van der Waals surface area contributed by atoms with Gasteiger partial charge in [-0.05, 0) is 12.8 Å². The van der Waals surface area contributed by atoms with Gasteiger partial charge in [0.25, 0.3) is 0 Å². The molecule has 0 aliphatic heterocycles. The van der Waals surface area contributed by atoms with E-state index in [1.54, 1.807) is 0 Å². The highest BCUT2D eigenvalue weighted by Crippen LogP contribution is 2.19. The Morgan fingerprint density at radius 2 is 0.909 bits per heavy atom. The Kier molecular flexibility index (Phi) is 26.0. The quantitative estimate of drug-likeness (QED) is 0.162. The maximum absolute atomic E-state index is 10.6. The molecule has 33 heavy (non-hydrogen) atoms. The molecule has 1 unspecified atom stereocenters. The van der Waals surface area contributed by atoms with E-state index in [0.717, 1.165) is 12.8 Å². The fraction of sp³-hybridized carbons (Fsp3) is 1.00. The highest BCUT2D eigenvalue weighted by atomic mass is 16.6. The third-order valence-corrected chi connectivity index (χ3v) is 4.99. The minimum atomic E-state index is -0.716. The van der Waals surface area contributed by atoms with Gasteiger partial charge in [-0.25, -0.2) is 0 Å². The number of aliphatic hydroxyl groups excluding tert-OH is 1. The number of unbranched alkanes of at least 4 members (excludes halogenated alkanes) is 3. The molecule has 1 atom stereocenters. The summed E-state index contributed by atoms with van der Waals surface area (Å²) in [5.41, 5.74) is -0.716. The molecule has 0 saturated carbocycles. The van der Waals surface area contributed by atoms with E-state index in [4.69, 9.17) is 38.3 Å². The summed E-state index contributed by atoms with van der Waals surface area (Å²) >= 11 is 0. The van der Waals surface area contributed by atoms with E-state index in [1.165, 1.54) is 19.3 Å². The first-order valence-corrected chi connectivity index (χ1v) is 12.6. The molecule has 0 aromatic rings. The maximum atomic E-state index is 10.6. The number of aliphatic hydroxyl groups is 2. The molecule has 0 aromatic heterocycles. The van der Waals surface area contributed by atoms with Crippen molar-refractivity contribution in [3.05, 3.63) is 0 Å². The summed E-state index contributed by atoms with van der Waals surface area (Å²) < 4.78 is 37.8. The third-order valence-electron chi connectivity index (χ3n) is 4.99. The molecule has 0 amide bonds. The smallest absolute Gasteiger partial charge is 0.0877 e. The molecular formula is C24H50O9. The average Bonchev–Trinajstić information content (AvgIpc) is 2.83. The number of hydrogen-bond acceptors (Lipinski definition) is 9. The Balaban J connectivity index is 3.24. The second-order valence-corrected chi connectivity index (χ2v) is 7.84. The molecular weight excluding hydrogens is 432 g/mol. The van der Waals surface area contributed by atoms with Gasteiger partial charge in [0.1, 0.15) is 0 Å². The van der Waals surface area contributed by atoms with Crippen LogP contribution in [0.1, 0.15) is 52.4 Å². The monoisotopic (exact) mass is 482 g/mol. The summed E-state index contributed by atoms with van der Waals surface area (Å²) in [7, 11) is 0. The van der Waals surface area contributed by atoms with Gasteiger partial charge in [-0.2, -0.15) is 0 Å². The van der Waals surface area contributed by atoms with E-state index in [-0.39, 0.29) is 6.61 Å². The zero-order valence-electron chi connectivity index (χ0n) is 21.1. The van der Waals surface area contributed by atoms with E-state index in [2.05, 4.69) is 6.92 Å². The highest BCUT2D eigenvalue weighted by molar-refractivity contribution is 4.76. The van der Waals surface area contributed by atoms with Crippen molar-refractivity contribution >= 4 is 0 Å². The lowest BCUT2D eigenvalue weighted by molar-refractivity contribution is -0.0691. The lowest BCUT2D eigenvalue weighted by atomic mass is 9.94. The van der Waals surface area contributed by atoms with Gasteiger partial charge in [0, 0.05) is 0 Å². The van der Waals surface area contributed by atoms with Crippen molar-refractivity contribution in [2.45, 2.75) is 58.0 Å². The van der Waals surface area contributed by atoms with Gasteiger partial charge in [0.2, 0.25) is 0 Å². The first kappa shape index (κ1) is 32.6. The van der Waals surface area contributed by atoms with Crippen LogP contribution in [0.4, 0.5) is 0 Å². The molecule has 0 saturated heterocycles. The Hall–Kier alpha value is -0.360. The fourth-order valence-corrected chi connectivity index (χ4v) is 2.88. The molecule has 200 valence electrons. The van der Waals surface area contributed by atoms with E-state index in [1.807, 2.05) is 6.92 Å². The predicted molar refractivity (Wildman–Crippen MR) is 127 cm³/mol. The summed E-state index contributed by atoms with van der Waals surface area (Å²) in [6, 6.07) is 0. The zero-order valence-corrected chi connectivity index (χ0v) is 21.1. The number of ether oxygens (including phenoxy) is 7. The summed E-state index contributed by atoms with van der Waals surface area (Å²) in [5, 5.41) is 19.1. The van der Waals surface area contributed by atoms with Gasteiger partial charge in [-0.15, -0.1) is 0 Å². The second kappa shape index (κ2) is 26.2. The van der Waals surface area contributed by atoms with E-state index in [9.17, 15) is 5.11 Å². The van der Waals surface area contributed by atoms with Crippen LogP contribution in [0.5, 0.6) is 0 Å². The summed E-state index contributed by atoms with van der Waals surface area (Å²) in [5.74, 6) is 0. The molecule has 9 nitrogen and oxygen atoms in total. The molecule has 0 rings (SSSR count). The minimum absolute atomic E-state index is 0.0303. The van der Waals surface area contributed by atoms with Crippen molar-refractivity contribution in [2.75, 3.05) is 99.1 Å². The zero-order chi connectivity index (χ0) is 24.3. The predicted octanol–water partition coefficient (Wildman–Crippen LogP) is 2.21. The third kappa shape index (κ3) is 24.6. The van der Waals surface area contributed by atoms with Gasteiger partial charge in [-0.1, -0.05) is 39.5 Å². The van der Waals surface area contributed by atoms with Crippen LogP contribution in [0.2, 0.25) is 0 Å². The van der Waals surface area contributed by atoms with Crippen LogP contribution in [0, 0.1) is 0 Å². The Bertz CT molecular complexity index is 374. The Labute approximate surface area is 201 Å². The van der Waals surface area contributed by atoms with E-state index < -0.39 is 5.60 Å². The molecule has 2 N–H and O–H groups in total. The largest absolute Gasteiger partial charge is 0.394 e. The first-order valence-electron chi connectivity index (χ1n) is 12.6. The van der Waals surface area contributed by atoms with Crippen LogP contribution >= 0.6 is 0 Å². The molecule has 0 aliphatic rings. The Morgan fingerprint density at radius 1 is 0.515 bits per heavy atom. The fourth-order valence-electron chi connectivity index (χ4n) is 2.88. The molecule has 9 heteroatoms. The van der Waals surface area contributed by atoms with Crippen LogP contribution in [0.25, 0.3) is 0 Å². The van der Waals surface area contributed by atoms with Crippen LogP contribution in [-0.2, 0) is 33.2 Å². The molecule has 0 heterocycles. The Morgan fingerprint density at radius 3 is 1.27 bits per heavy atom. The van der Waals surface area contributed by atoms with Crippen molar-refractivity contribution in [1.82, 2.24) is 0 Å². The van der Waals surface area contributed by atoms with Crippen LogP contribution < -0.4 is 0 Å². The van der Waals surface area contributed by atoms with Gasteiger partial charge >= 0.3 is 0 Å². The molecule has 0 spiro atoms. The summed E-state index contributed by atoms with van der Waals surface area (Å²) in [4.78, 5) is 0. The lowest BCUT2D eigenvalue weighted by Gasteiger charge is -2.26. The van der Waals surface area contributed by atoms with Crippen molar-refractivity contribution in [1.29, 1.82) is 0 Å². The molecule has 0 radical (unpaired) electrons. The topological polar surface area (TPSA) is 105 Å². The van der Waals surface area contributed by atoms with E-state index >= 15 is 0 Å². The van der Waals surface area contributed by atoms with Crippen molar-refractivity contribution in [3.8, 4) is 0 Å². The van der Waals surface area contributed by atoms with Crippen LogP contribution in [0.15, 0.2) is 0 Å². The van der Waals surface area contributed by atoms with Crippen LogP contribution in [-0.4, -0.2) is 115 Å². The molecule has 0 aliphatic carbocycles. The first-order chi connectivity index (χ1) is 16.2. The normalized spacial score (nSPS) is 13.5. The van der Waals surface area contributed by atoms with Crippen molar-refractivity contribution < 1.29 is 43.4 Å². The van der Waals surface area contributed by atoms with Crippen LogP contribution in [0.3, 0.4) is 0 Å². The average molecular weight is 483 g/mol. The standard InChI is InChI=1S/C24H50O9/c1-3-5-6-7-8-24(26,4-2)23-33-22-21-32-20-19-31-18-17-30-16-15-29-14-13-28-12-11-27-10-9-25/h25-26H,3-23H2,1-2H3. The molecule has 0 bridgehead atoms. The molecule has 0 aromatic carbocycles. The number of hydrogen-bond donors (Lipinski definition) is 2. The van der Waals surface area contributed by atoms with Crippen molar-refractivity contribution in [2.24, 2.45) is 0 Å². The van der Waals surface area contributed by atoms with E-state index in [0.29, 0.717) is 98.9 Å². The lowest BCUT2D eigenvalue weighted by Crippen LogP contribution is -2.34. The maximum Gasteiger partial charge on any atom is 0.0877 e. The number of rotatable bonds is 28. The second-order valence-electron chi connectivity index (χ2n) is 7.84. The summed E-state index contributed by atoms with van der Waals surface area (Å²) in [6.45, 7) is 11.0. The summed E-state index contributed by atoms with van der Waals surface area (Å²) in [6.07, 6.45) is 6.14. The highest BCUT2D eigenvalue weighted by Gasteiger charge is 2.24. The molecule has 0 fully saturated rings. The van der Waals surface area contributed by atoms with Gasteiger partial charge in [-0.3, -0.25) is 0 Å². The van der Waals surface area contributed by atoms with Gasteiger partial charge < -0.3 is 43.4 Å². The van der Waals surface area contributed by atoms with Crippen molar-refractivity contribution in [3.63, 3.8) is 0 Å². The minimum Gasteiger partial charge on any atom is -0.394 e. The van der Waals surface area contributed by atoms with Gasteiger partial charge in [0.05, 0.1) is 105 Å². The SMILES string of the molecule is CCCCCCC(O)(CC)COCCOCCOCCOCCOCCOCCOCCO. The van der Waals surface area contributed by atoms with Gasteiger partial charge in [0.15, 0.2) is 0 Å².